The molecule has 3 spiro atoms. The van der Waals surface area contributed by atoms with E-state index < -0.39 is 99.0 Å². The summed E-state index contributed by atoms with van der Waals surface area (Å²) in [5.41, 5.74) is 0.824. The summed E-state index contributed by atoms with van der Waals surface area (Å²) in [7, 11) is 0. The number of nitrogens with two attached hydrogens (primary N) is 1. The fourth-order valence-corrected chi connectivity index (χ4v) is 24.6. The molecule has 16 aliphatic rings. The zero-order chi connectivity index (χ0) is 60.5. The molecule has 15 nitrogen and oxygen atoms in total. The van der Waals surface area contributed by atoms with Crippen molar-refractivity contribution in [3.8, 4) is 0 Å². The second kappa shape index (κ2) is 21.5. The van der Waals surface area contributed by atoms with Gasteiger partial charge in [-0.15, -0.1) is 0 Å². The third kappa shape index (κ3) is 8.50. The average molecular weight is 1200 g/mol. The summed E-state index contributed by atoms with van der Waals surface area (Å²) < 4.78 is 14.6. The smallest absolute Gasteiger partial charge is 0.189 e. The van der Waals surface area contributed by atoms with Gasteiger partial charge >= 0.3 is 0 Å². The van der Waals surface area contributed by atoms with Crippen LogP contribution in [0.25, 0.3) is 0 Å². The molecule has 15 heteroatoms. The first-order chi connectivity index (χ1) is 41.7. The van der Waals surface area contributed by atoms with Crippen molar-refractivity contribution in [1.82, 2.24) is 10.6 Å². The van der Waals surface area contributed by atoms with E-state index in [1.54, 1.807) is 13.8 Å². The molecule has 0 aromatic rings. The highest BCUT2D eigenvalue weighted by Crippen LogP contribution is 2.80. The number of Topliss-reactive ketones (excluding diaryl/α,β-unsaturated/α-hetero) is 1. The van der Waals surface area contributed by atoms with Crippen molar-refractivity contribution in [2.45, 2.75) is 259 Å². The van der Waals surface area contributed by atoms with E-state index in [1.807, 2.05) is 18.2 Å². The molecule has 87 heavy (non-hydrogen) atoms. The standard InChI is InChI=1S/C72H103N3O12/c1-4-8-39-13-17-48-55(21-14-39)87-65-60(48)51(78)11-6-26-72(65,85)66(3,82)57-25-29-71(84)61-62(74-36-38(2)77)64(81)67-27-24-44-46-18-19-47-45-9-5-12-54(45)86-56(59(46)47)31-40-15-16-42(32-49(40)44)70(57,71)37-69(83)28-23-41(43-20-22-58(73)75-50(43)10-7-30-76)33-68(67,63(61)69)35-53(80)52(79)34-67/h19-20,22-24,27-28,38-42,44-45,48-49,51-58,60,63,65,74-80,82-85H,4-18,21,25-26,29-37,73H2,1-3H3. The summed E-state index contributed by atoms with van der Waals surface area (Å²) in [5, 5.41) is 126. The molecule has 0 aromatic carbocycles. The van der Waals surface area contributed by atoms with Crippen molar-refractivity contribution in [3.63, 3.8) is 0 Å². The Labute approximate surface area is 515 Å². The van der Waals surface area contributed by atoms with Crippen LogP contribution < -0.4 is 16.4 Å². The number of aliphatic hydroxyl groups is 9. The number of ketones is 1. The zero-order valence-electron chi connectivity index (χ0n) is 52.0. The number of carbonyl (C=O) groups is 1. The monoisotopic (exact) mass is 1200 g/mol. The predicted molar refractivity (Wildman–Crippen MR) is 327 cm³/mol. The fourth-order valence-electron chi connectivity index (χ4n) is 24.6. The Balaban J connectivity index is 0.987. The number of dihydropyridines is 1. The average Bonchev–Trinajstić information content (AvgIpc) is 1.63. The molecule has 478 valence electrons. The number of hydrogen-bond acceptors (Lipinski definition) is 15. The second-order valence-corrected chi connectivity index (χ2v) is 31.8. The first-order valence-electron chi connectivity index (χ1n) is 35.0. The molecule has 13 aliphatic carbocycles. The number of aliphatic hydroxyl groups excluding tert-OH is 5. The van der Waals surface area contributed by atoms with E-state index in [0.29, 0.717) is 55.9 Å². The summed E-state index contributed by atoms with van der Waals surface area (Å²) >= 11 is 0. The van der Waals surface area contributed by atoms with E-state index >= 15 is 15.0 Å². The van der Waals surface area contributed by atoms with Crippen LogP contribution >= 0.6 is 0 Å². The van der Waals surface area contributed by atoms with Crippen molar-refractivity contribution < 1.29 is 60.2 Å². The van der Waals surface area contributed by atoms with Gasteiger partial charge in [0.05, 0.1) is 82.9 Å². The summed E-state index contributed by atoms with van der Waals surface area (Å²) in [6, 6.07) is 0. The minimum absolute atomic E-state index is 0.00205. The van der Waals surface area contributed by atoms with Gasteiger partial charge in [0, 0.05) is 59.3 Å². The molecule has 0 aromatic heterocycles. The Morgan fingerprint density at radius 1 is 0.874 bits per heavy atom. The van der Waals surface area contributed by atoms with Gasteiger partial charge in [0.25, 0.3) is 0 Å². The lowest BCUT2D eigenvalue weighted by molar-refractivity contribution is -0.279. The lowest BCUT2D eigenvalue weighted by Crippen LogP contribution is -2.76. The van der Waals surface area contributed by atoms with E-state index in [9.17, 15) is 35.7 Å². The number of nitrogens with one attached hydrogen (secondary N) is 2. The zero-order valence-corrected chi connectivity index (χ0v) is 52.0. The van der Waals surface area contributed by atoms with Crippen molar-refractivity contribution in [1.29, 1.82) is 0 Å². The van der Waals surface area contributed by atoms with Crippen LogP contribution in [0.1, 0.15) is 181 Å². The molecular formula is C72H103N3O12. The van der Waals surface area contributed by atoms with Crippen molar-refractivity contribution in [2.75, 3.05) is 13.2 Å². The van der Waals surface area contributed by atoms with Gasteiger partial charge in [-0.05, 0) is 213 Å². The van der Waals surface area contributed by atoms with E-state index in [4.69, 9.17) is 15.2 Å². The molecule has 27 atom stereocenters. The van der Waals surface area contributed by atoms with Gasteiger partial charge in [0.2, 0.25) is 0 Å². The van der Waals surface area contributed by atoms with Gasteiger partial charge < -0.3 is 71.8 Å². The van der Waals surface area contributed by atoms with Gasteiger partial charge in [0.1, 0.15) is 5.60 Å². The molecule has 0 radical (unpaired) electrons. The predicted octanol–water partition coefficient (Wildman–Crippen LogP) is 7.04. The van der Waals surface area contributed by atoms with Crippen LogP contribution in [0, 0.1) is 81.3 Å². The number of hydrogen-bond donors (Lipinski definition) is 12. The van der Waals surface area contributed by atoms with Crippen LogP contribution in [-0.2, 0) is 14.3 Å². The van der Waals surface area contributed by atoms with E-state index in [1.165, 1.54) is 16.7 Å². The molecule has 16 rings (SSSR count). The van der Waals surface area contributed by atoms with Crippen LogP contribution in [0.5, 0.6) is 0 Å². The van der Waals surface area contributed by atoms with Gasteiger partial charge in [-0.25, -0.2) is 0 Å². The molecule has 3 heterocycles. The van der Waals surface area contributed by atoms with Crippen LogP contribution in [0.4, 0.5) is 0 Å². The fraction of sp³-hybridized carbons (Fsp3) is 0.792. The Morgan fingerprint density at radius 3 is 2.49 bits per heavy atom. The number of fused-ring (bicyclic) bond motifs is 6. The quantitative estimate of drug-likeness (QED) is 0.0926. The molecular weight excluding hydrogens is 1100 g/mol. The minimum atomic E-state index is -1.99. The van der Waals surface area contributed by atoms with Crippen LogP contribution in [-0.4, -0.2) is 142 Å². The van der Waals surface area contributed by atoms with Gasteiger partial charge in [-0.1, -0.05) is 74.6 Å². The third-order valence-corrected chi connectivity index (χ3v) is 27.9. The SMILES string of the molecule is CCCC1CCC2OC3C(C(O)CCCC3(O)C(C)(O)C3CCC4(O)C5=C(NCC(C)O)C(=O)C67C=CC8C9=C%10C(=CC9)C9CCCC9OC%10CC9CCC(CC98)C34CC3(O)C=CC(C4=C(CCCO)NC(N)C=C4)CC6(CC(O)C(O)C7)C53)C2CC1. The topological polar surface area (TPSA) is 268 Å². The van der Waals surface area contributed by atoms with Crippen LogP contribution in [0.2, 0.25) is 0 Å². The maximum absolute atomic E-state index is 17.5. The second-order valence-electron chi connectivity index (χ2n) is 31.8. The van der Waals surface area contributed by atoms with E-state index in [0.717, 1.165) is 88.3 Å². The Hall–Kier alpha value is -3.03. The number of allylic oxidation sites excluding steroid dienone is 9. The Kier molecular flexibility index (Phi) is 14.9. The summed E-state index contributed by atoms with van der Waals surface area (Å²) in [4.78, 5) is 17.5. The van der Waals surface area contributed by atoms with E-state index in [-0.39, 0.29) is 117 Å². The van der Waals surface area contributed by atoms with Crippen LogP contribution in [0.3, 0.4) is 0 Å². The van der Waals surface area contributed by atoms with Crippen LogP contribution in [0.15, 0.2) is 81.8 Å². The largest absolute Gasteiger partial charge is 0.396 e. The third-order valence-electron chi connectivity index (χ3n) is 27.9. The number of carbonyl (C=O) groups excluding carboxylic acids is 1. The van der Waals surface area contributed by atoms with E-state index in [2.05, 4.69) is 41.9 Å². The molecule has 27 unspecified atom stereocenters. The Morgan fingerprint density at radius 2 is 1.69 bits per heavy atom. The lowest BCUT2D eigenvalue weighted by Gasteiger charge is -2.71. The van der Waals surface area contributed by atoms with Crippen molar-refractivity contribution in [3.05, 3.63) is 81.8 Å². The molecule has 9 fully saturated rings. The highest BCUT2D eigenvalue weighted by Gasteiger charge is 2.82. The summed E-state index contributed by atoms with van der Waals surface area (Å²) in [6.45, 7) is 5.59. The molecule has 8 bridgehead atoms. The molecule has 13 N–H and O–H groups in total. The highest BCUT2D eigenvalue weighted by atomic mass is 16.5. The van der Waals surface area contributed by atoms with Gasteiger partial charge in [0.15, 0.2) is 5.78 Å². The minimum Gasteiger partial charge on any atom is -0.396 e. The molecule has 7 saturated carbocycles. The summed E-state index contributed by atoms with van der Waals surface area (Å²) in [6.07, 6.45) is 24.4. The number of rotatable bonds is 11. The van der Waals surface area contributed by atoms with Gasteiger partial charge in [-0.3, -0.25) is 4.79 Å². The summed E-state index contributed by atoms with van der Waals surface area (Å²) in [5.74, 6) is -2.64. The highest BCUT2D eigenvalue weighted by molar-refractivity contribution is 6.04. The maximum Gasteiger partial charge on any atom is 0.189 e. The number of ether oxygens (including phenoxy) is 2. The lowest BCUT2D eigenvalue weighted by atomic mass is 9.34. The molecule has 0 amide bonds. The van der Waals surface area contributed by atoms with Crippen molar-refractivity contribution >= 4 is 5.78 Å². The van der Waals surface area contributed by atoms with Gasteiger partial charge in [-0.2, -0.15) is 0 Å². The first-order valence-corrected chi connectivity index (χ1v) is 35.0. The molecule has 3 aliphatic heterocycles. The maximum atomic E-state index is 17.5. The normalized spacial score (nSPS) is 51.1. The Bertz CT molecular complexity index is 2980. The first kappa shape index (κ1) is 60.2. The molecule has 2 saturated heterocycles. The van der Waals surface area contributed by atoms with Crippen molar-refractivity contribution in [2.24, 2.45) is 87.1 Å².